The van der Waals surface area contributed by atoms with Crippen molar-refractivity contribution in [2.75, 3.05) is 7.05 Å². The van der Waals surface area contributed by atoms with Gasteiger partial charge in [0, 0.05) is 25.6 Å². The molecule has 5 nitrogen and oxygen atoms in total. The molecule has 0 saturated heterocycles. The Morgan fingerprint density at radius 3 is 2.60 bits per heavy atom. The van der Waals surface area contributed by atoms with Gasteiger partial charge in [0.1, 0.15) is 0 Å². The van der Waals surface area contributed by atoms with E-state index in [9.17, 15) is 9.59 Å². The molecule has 0 heterocycles. The summed E-state index contributed by atoms with van der Waals surface area (Å²) < 4.78 is 0. The molecule has 15 heavy (non-hydrogen) atoms. The number of aliphatic carboxylic acids is 1. The van der Waals surface area contributed by atoms with Gasteiger partial charge in [0.15, 0.2) is 0 Å². The summed E-state index contributed by atoms with van der Waals surface area (Å²) in [5.41, 5.74) is 0. The first-order valence-electron chi connectivity index (χ1n) is 5.26. The number of rotatable bonds is 5. The Balaban J connectivity index is 2.21. The second-order valence-electron chi connectivity index (χ2n) is 4.13. The van der Waals surface area contributed by atoms with Gasteiger partial charge in [-0.3, -0.25) is 4.79 Å². The number of carboxylic acids is 1. The van der Waals surface area contributed by atoms with Crippen LogP contribution in [0.4, 0.5) is 4.79 Å². The van der Waals surface area contributed by atoms with Crippen LogP contribution < -0.4 is 5.32 Å². The molecule has 2 amide bonds. The molecule has 1 saturated carbocycles. The standard InChI is InChI=1S/C10H18N2O3/c1-7(3-6-9(13)14)11-10(15)12(2)8-4-5-8/h7-8H,3-6H2,1-2H3,(H,11,15)(H,13,14). The van der Waals surface area contributed by atoms with Crippen molar-refractivity contribution in [2.45, 2.75) is 44.7 Å². The molecule has 0 bridgehead atoms. The van der Waals surface area contributed by atoms with Crippen molar-refractivity contribution in [1.29, 1.82) is 0 Å². The van der Waals surface area contributed by atoms with E-state index < -0.39 is 5.97 Å². The molecular weight excluding hydrogens is 196 g/mol. The van der Waals surface area contributed by atoms with Crippen LogP contribution >= 0.6 is 0 Å². The lowest BCUT2D eigenvalue weighted by molar-refractivity contribution is -0.137. The molecule has 1 fully saturated rings. The van der Waals surface area contributed by atoms with E-state index in [-0.39, 0.29) is 18.5 Å². The minimum atomic E-state index is -0.827. The summed E-state index contributed by atoms with van der Waals surface area (Å²) in [6.07, 6.45) is 2.72. The highest BCUT2D eigenvalue weighted by atomic mass is 16.4. The minimum absolute atomic E-state index is 0.0881. The molecule has 2 N–H and O–H groups in total. The molecule has 1 aliphatic carbocycles. The van der Waals surface area contributed by atoms with Gasteiger partial charge in [-0.05, 0) is 26.2 Å². The Hall–Kier alpha value is -1.26. The van der Waals surface area contributed by atoms with Gasteiger partial charge in [0.05, 0.1) is 0 Å². The van der Waals surface area contributed by atoms with Crippen LogP contribution in [0.15, 0.2) is 0 Å². The maximum Gasteiger partial charge on any atom is 0.317 e. The Morgan fingerprint density at radius 2 is 2.13 bits per heavy atom. The fourth-order valence-electron chi connectivity index (χ4n) is 1.35. The first kappa shape index (κ1) is 11.8. The molecule has 0 aliphatic heterocycles. The van der Waals surface area contributed by atoms with E-state index in [1.807, 2.05) is 6.92 Å². The van der Waals surface area contributed by atoms with Crippen LogP contribution in [-0.2, 0) is 4.79 Å². The first-order valence-corrected chi connectivity index (χ1v) is 5.26. The van der Waals surface area contributed by atoms with Gasteiger partial charge >= 0.3 is 12.0 Å². The first-order chi connectivity index (χ1) is 7.00. The van der Waals surface area contributed by atoms with Crippen LogP contribution in [0, 0.1) is 0 Å². The SMILES string of the molecule is CC(CCC(=O)O)NC(=O)N(C)C1CC1. The van der Waals surface area contributed by atoms with E-state index >= 15 is 0 Å². The quantitative estimate of drug-likeness (QED) is 0.718. The minimum Gasteiger partial charge on any atom is -0.481 e. The zero-order valence-electron chi connectivity index (χ0n) is 9.19. The highest BCUT2D eigenvalue weighted by Gasteiger charge is 2.29. The van der Waals surface area contributed by atoms with Gasteiger partial charge in [-0.1, -0.05) is 0 Å². The Kier molecular flexibility index (Phi) is 3.94. The molecule has 1 rings (SSSR count). The van der Waals surface area contributed by atoms with Crippen LogP contribution in [0.5, 0.6) is 0 Å². The zero-order chi connectivity index (χ0) is 11.4. The van der Waals surface area contributed by atoms with E-state index in [0.29, 0.717) is 12.5 Å². The van der Waals surface area contributed by atoms with Gasteiger partial charge in [-0.2, -0.15) is 0 Å². The Morgan fingerprint density at radius 1 is 1.53 bits per heavy atom. The Bertz CT molecular complexity index is 251. The fourth-order valence-corrected chi connectivity index (χ4v) is 1.35. The van der Waals surface area contributed by atoms with Crippen LogP contribution in [0.3, 0.4) is 0 Å². The third-order valence-electron chi connectivity index (χ3n) is 2.58. The van der Waals surface area contributed by atoms with Gasteiger partial charge in [-0.25, -0.2) is 4.79 Å². The second-order valence-corrected chi connectivity index (χ2v) is 4.13. The van der Waals surface area contributed by atoms with Gasteiger partial charge < -0.3 is 15.3 Å². The topological polar surface area (TPSA) is 69.6 Å². The molecule has 0 aromatic rings. The van der Waals surface area contributed by atoms with Crippen LogP contribution in [0.25, 0.3) is 0 Å². The predicted molar refractivity (Wildman–Crippen MR) is 55.6 cm³/mol. The second kappa shape index (κ2) is 5.00. The maximum absolute atomic E-state index is 11.5. The van der Waals surface area contributed by atoms with Crippen molar-refractivity contribution in [3.05, 3.63) is 0 Å². The molecule has 5 heteroatoms. The number of hydrogen-bond acceptors (Lipinski definition) is 2. The number of carboxylic acid groups (broad SMARTS) is 1. The van der Waals surface area contributed by atoms with E-state index in [0.717, 1.165) is 12.8 Å². The van der Waals surface area contributed by atoms with Gasteiger partial charge in [-0.15, -0.1) is 0 Å². The largest absolute Gasteiger partial charge is 0.481 e. The molecular formula is C10H18N2O3. The number of amides is 2. The lowest BCUT2D eigenvalue weighted by Gasteiger charge is -2.20. The van der Waals surface area contributed by atoms with E-state index in [2.05, 4.69) is 5.32 Å². The number of nitrogens with one attached hydrogen (secondary N) is 1. The van der Waals surface area contributed by atoms with Crippen LogP contribution in [0.2, 0.25) is 0 Å². The molecule has 1 unspecified atom stereocenters. The summed E-state index contributed by atoms with van der Waals surface area (Å²) in [7, 11) is 1.77. The van der Waals surface area contributed by atoms with E-state index in [4.69, 9.17) is 5.11 Å². The number of carbonyl (C=O) groups is 2. The summed E-state index contributed by atoms with van der Waals surface area (Å²) in [6.45, 7) is 1.82. The lowest BCUT2D eigenvalue weighted by atomic mass is 10.2. The van der Waals surface area contributed by atoms with Crippen LogP contribution in [0.1, 0.15) is 32.6 Å². The van der Waals surface area contributed by atoms with Crippen molar-refractivity contribution >= 4 is 12.0 Å². The van der Waals surface area contributed by atoms with Crippen molar-refractivity contribution in [1.82, 2.24) is 10.2 Å². The zero-order valence-corrected chi connectivity index (χ0v) is 9.19. The Labute approximate surface area is 89.4 Å². The monoisotopic (exact) mass is 214 g/mol. The van der Waals surface area contributed by atoms with Gasteiger partial charge in [0.2, 0.25) is 0 Å². The molecule has 1 atom stereocenters. The van der Waals surface area contributed by atoms with Crippen LogP contribution in [-0.4, -0.2) is 41.1 Å². The number of nitrogens with zero attached hydrogens (tertiary/aromatic N) is 1. The van der Waals surface area contributed by atoms with E-state index in [1.54, 1.807) is 11.9 Å². The van der Waals surface area contributed by atoms with Crippen molar-refractivity contribution in [3.8, 4) is 0 Å². The molecule has 0 aromatic heterocycles. The number of hydrogen-bond donors (Lipinski definition) is 2. The number of carbonyl (C=O) groups excluding carboxylic acids is 1. The average Bonchev–Trinajstić information content (AvgIpc) is 2.96. The highest BCUT2D eigenvalue weighted by Crippen LogP contribution is 2.25. The lowest BCUT2D eigenvalue weighted by Crippen LogP contribution is -2.43. The fraction of sp³-hybridized carbons (Fsp3) is 0.800. The molecule has 0 radical (unpaired) electrons. The predicted octanol–water partition coefficient (Wildman–Crippen LogP) is 1.04. The summed E-state index contributed by atoms with van der Waals surface area (Å²) in [4.78, 5) is 23.6. The molecule has 1 aliphatic rings. The molecule has 0 aromatic carbocycles. The highest BCUT2D eigenvalue weighted by molar-refractivity contribution is 5.75. The normalized spacial score (nSPS) is 16.9. The smallest absolute Gasteiger partial charge is 0.317 e. The average molecular weight is 214 g/mol. The van der Waals surface area contributed by atoms with Crippen molar-refractivity contribution < 1.29 is 14.7 Å². The third kappa shape index (κ3) is 4.18. The third-order valence-corrected chi connectivity index (χ3v) is 2.58. The van der Waals surface area contributed by atoms with Crippen molar-refractivity contribution in [3.63, 3.8) is 0 Å². The van der Waals surface area contributed by atoms with Crippen molar-refractivity contribution in [2.24, 2.45) is 0 Å². The van der Waals surface area contributed by atoms with Gasteiger partial charge in [0.25, 0.3) is 0 Å². The molecule has 86 valence electrons. The molecule has 0 spiro atoms. The summed E-state index contributed by atoms with van der Waals surface area (Å²) in [6, 6.07) is 0.196. The summed E-state index contributed by atoms with van der Waals surface area (Å²) in [5.74, 6) is -0.827. The maximum atomic E-state index is 11.5. The number of urea groups is 1. The summed E-state index contributed by atoms with van der Waals surface area (Å²) in [5, 5.41) is 11.3. The summed E-state index contributed by atoms with van der Waals surface area (Å²) >= 11 is 0. The van der Waals surface area contributed by atoms with E-state index in [1.165, 1.54) is 0 Å².